The number of aromatic nitrogens is 1. The van der Waals surface area contributed by atoms with Gasteiger partial charge >= 0.3 is 0 Å². The normalized spacial score (nSPS) is 11.0. The molecular weight excluding hydrogens is 360 g/mol. The van der Waals surface area contributed by atoms with Crippen molar-refractivity contribution >= 4 is 28.9 Å². The molecule has 3 aromatic rings. The van der Waals surface area contributed by atoms with Crippen molar-refractivity contribution in [2.75, 3.05) is 37.8 Å². The number of pyridine rings is 1. The minimum absolute atomic E-state index is 0.0181. The summed E-state index contributed by atoms with van der Waals surface area (Å²) in [4.78, 5) is 18.7. The first kappa shape index (κ1) is 20.3. The predicted octanol–water partition coefficient (Wildman–Crippen LogP) is 4.69. The van der Waals surface area contributed by atoms with Gasteiger partial charge in [-0.05, 0) is 74.3 Å². The lowest BCUT2D eigenvalue weighted by molar-refractivity contribution is 0.104. The number of hydrogen-bond acceptors (Lipinski definition) is 5. The summed E-state index contributed by atoms with van der Waals surface area (Å²) in [6.45, 7) is 1.82. The van der Waals surface area contributed by atoms with Crippen LogP contribution in [0.5, 0.6) is 0 Å². The first-order valence-corrected chi connectivity index (χ1v) is 9.58. The zero-order valence-electron chi connectivity index (χ0n) is 16.8. The molecule has 0 amide bonds. The molecule has 0 aliphatic rings. The molecule has 0 bridgehead atoms. The molecule has 0 saturated carbocycles. The highest BCUT2D eigenvalue weighted by Gasteiger charge is 2.02. The molecule has 0 aliphatic carbocycles. The van der Waals surface area contributed by atoms with Crippen molar-refractivity contribution in [3.8, 4) is 0 Å². The Bertz CT molecular complexity index is 950. The molecule has 0 fully saturated rings. The summed E-state index contributed by atoms with van der Waals surface area (Å²) in [5.74, 6) is -0.0181. The molecule has 0 unspecified atom stereocenters. The molecular formula is C24H26N4O. The number of ketones is 1. The SMILES string of the molecule is CN(C)CCNc1ccc(C(=O)C=Cc2cccc(Nc3cccnc3)c2)cc1. The molecule has 0 atom stereocenters. The third-order valence-electron chi connectivity index (χ3n) is 4.32. The Kier molecular flexibility index (Phi) is 7.14. The number of allylic oxidation sites excluding steroid dienone is 1. The molecule has 148 valence electrons. The van der Waals surface area contributed by atoms with Crippen molar-refractivity contribution < 1.29 is 4.79 Å². The fourth-order valence-corrected chi connectivity index (χ4v) is 2.77. The molecule has 0 saturated heterocycles. The van der Waals surface area contributed by atoms with Crippen LogP contribution in [-0.4, -0.2) is 42.9 Å². The maximum Gasteiger partial charge on any atom is 0.185 e. The Morgan fingerprint density at radius 2 is 1.79 bits per heavy atom. The predicted molar refractivity (Wildman–Crippen MR) is 121 cm³/mol. The van der Waals surface area contributed by atoms with Crippen molar-refractivity contribution in [1.82, 2.24) is 9.88 Å². The number of rotatable bonds is 9. The van der Waals surface area contributed by atoms with Crippen LogP contribution in [0.4, 0.5) is 17.1 Å². The number of carbonyl (C=O) groups is 1. The number of benzene rings is 2. The average molecular weight is 386 g/mol. The summed E-state index contributed by atoms with van der Waals surface area (Å²) < 4.78 is 0. The monoisotopic (exact) mass is 386 g/mol. The second-order valence-corrected chi connectivity index (χ2v) is 7.00. The fourth-order valence-electron chi connectivity index (χ4n) is 2.77. The number of likely N-dealkylation sites (N-methyl/N-ethyl adjacent to an activating group) is 1. The molecule has 5 heteroatoms. The fraction of sp³-hybridized carbons (Fsp3) is 0.167. The van der Waals surface area contributed by atoms with Crippen LogP contribution in [0.2, 0.25) is 0 Å². The highest BCUT2D eigenvalue weighted by atomic mass is 16.1. The van der Waals surface area contributed by atoms with Crippen molar-refractivity contribution in [1.29, 1.82) is 0 Å². The van der Waals surface area contributed by atoms with E-state index in [1.54, 1.807) is 18.5 Å². The van der Waals surface area contributed by atoms with Crippen LogP contribution in [-0.2, 0) is 0 Å². The maximum atomic E-state index is 12.5. The summed E-state index contributed by atoms with van der Waals surface area (Å²) in [5, 5.41) is 6.65. The lowest BCUT2D eigenvalue weighted by Crippen LogP contribution is -2.20. The molecule has 1 aromatic heterocycles. The summed E-state index contributed by atoms with van der Waals surface area (Å²) in [5.41, 5.74) is 4.50. The Hall–Kier alpha value is -3.44. The summed E-state index contributed by atoms with van der Waals surface area (Å²) >= 11 is 0. The van der Waals surface area contributed by atoms with Crippen LogP contribution in [0.15, 0.2) is 79.1 Å². The standard InChI is InChI=1S/C24H26N4O/c1-28(2)16-15-26-21-11-9-20(10-12-21)24(29)13-8-19-5-3-6-22(17-19)27-23-7-4-14-25-18-23/h3-14,17-18,26-27H,15-16H2,1-2H3. The van der Waals surface area contributed by atoms with Crippen molar-refractivity contribution in [3.63, 3.8) is 0 Å². The van der Waals surface area contributed by atoms with Crippen LogP contribution >= 0.6 is 0 Å². The maximum absolute atomic E-state index is 12.5. The average Bonchev–Trinajstić information content (AvgIpc) is 2.73. The van der Waals surface area contributed by atoms with E-state index in [9.17, 15) is 4.79 Å². The van der Waals surface area contributed by atoms with Gasteiger partial charge in [0.2, 0.25) is 0 Å². The van der Waals surface area contributed by atoms with E-state index in [-0.39, 0.29) is 5.78 Å². The van der Waals surface area contributed by atoms with E-state index in [1.165, 1.54) is 0 Å². The Labute approximate surface area is 172 Å². The number of hydrogen-bond donors (Lipinski definition) is 2. The first-order chi connectivity index (χ1) is 14.1. The number of carbonyl (C=O) groups excluding carboxylic acids is 1. The molecule has 29 heavy (non-hydrogen) atoms. The molecule has 2 N–H and O–H groups in total. The van der Waals surface area contributed by atoms with Gasteiger partial charge in [-0.25, -0.2) is 0 Å². The van der Waals surface area contributed by atoms with E-state index in [4.69, 9.17) is 0 Å². The van der Waals surface area contributed by atoms with Crippen LogP contribution in [0.1, 0.15) is 15.9 Å². The van der Waals surface area contributed by atoms with Gasteiger partial charge in [-0.1, -0.05) is 18.2 Å². The smallest absolute Gasteiger partial charge is 0.185 e. The number of nitrogens with zero attached hydrogens (tertiary/aromatic N) is 2. The van der Waals surface area contributed by atoms with Crippen LogP contribution in [0.3, 0.4) is 0 Å². The van der Waals surface area contributed by atoms with E-state index in [2.05, 4.69) is 20.5 Å². The lowest BCUT2D eigenvalue weighted by Gasteiger charge is -2.11. The number of anilines is 3. The highest BCUT2D eigenvalue weighted by Crippen LogP contribution is 2.18. The first-order valence-electron chi connectivity index (χ1n) is 9.58. The van der Waals surface area contributed by atoms with Crippen molar-refractivity contribution in [2.45, 2.75) is 0 Å². The van der Waals surface area contributed by atoms with E-state index in [0.717, 1.165) is 35.7 Å². The third-order valence-corrected chi connectivity index (χ3v) is 4.32. The largest absolute Gasteiger partial charge is 0.384 e. The zero-order valence-corrected chi connectivity index (χ0v) is 16.8. The molecule has 2 aromatic carbocycles. The topological polar surface area (TPSA) is 57.3 Å². The van der Waals surface area contributed by atoms with E-state index < -0.39 is 0 Å². The minimum atomic E-state index is -0.0181. The molecule has 0 aliphatic heterocycles. The van der Waals surface area contributed by atoms with Gasteiger partial charge in [-0.2, -0.15) is 0 Å². The minimum Gasteiger partial charge on any atom is -0.384 e. The van der Waals surface area contributed by atoms with Crippen molar-refractivity contribution in [2.24, 2.45) is 0 Å². The van der Waals surface area contributed by atoms with Gasteiger partial charge in [-0.15, -0.1) is 0 Å². The summed E-state index contributed by atoms with van der Waals surface area (Å²) in [6, 6.07) is 19.3. The summed E-state index contributed by atoms with van der Waals surface area (Å²) in [6.07, 6.45) is 6.95. The molecule has 0 radical (unpaired) electrons. The van der Waals surface area contributed by atoms with E-state index in [1.807, 2.05) is 80.8 Å². The van der Waals surface area contributed by atoms with Crippen LogP contribution < -0.4 is 10.6 Å². The van der Waals surface area contributed by atoms with Gasteiger partial charge in [0.05, 0.1) is 11.9 Å². The summed E-state index contributed by atoms with van der Waals surface area (Å²) in [7, 11) is 4.08. The second kappa shape index (κ2) is 10.2. The molecule has 0 spiro atoms. The van der Waals surface area contributed by atoms with Gasteiger partial charge < -0.3 is 15.5 Å². The van der Waals surface area contributed by atoms with Gasteiger partial charge in [0.25, 0.3) is 0 Å². The van der Waals surface area contributed by atoms with Gasteiger partial charge in [0, 0.05) is 36.2 Å². The highest BCUT2D eigenvalue weighted by molar-refractivity contribution is 6.07. The molecule has 5 nitrogen and oxygen atoms in total. The number of nitrogens with one attached hydrogen (secondary N) is 2. The molecule has 1 heterocycles. The molecule has 3 rings (SSSR count). The third kappa shape index (κ3) is 6.59. The van der Waals surface area contributed by atoms with E-state index >= 15 is 0 Å². The quantitative estimate of drug-likeness (QED) is 0.413. The van der Waals surface area contributed by atoms with Crippen LogP contribution in [0, 0.1) is 0 Å². The van der Waals surface area contributed by atoms with Crippen molar-refractivity contribution in [3.05, 3.63) is 90.3 Å². The Balaban J connectivity index is 1.59. The lowest BCUT2D eigenvalue weighted by atomic mass is 10.1. The van der Waals surface area contributed by atoms with Gasteiger partial charge in [-0.3, -0.25) is 9.78 Å². The van der Waals surface area contributed by atoms with E-state index in [0.29, 0.717) is 5.56 Å². The van der Waals surface area contributed by atoms with Crippen LogP contribution in [0.25, 0.3) is 6.08 Å². The second-order valence-electron chi connectivity index (χ2n) is 7.00. The van der Waals surface area contributed by atoms with Gasteiger partial charge in [0.1, 0.15) is 0 Å². The van der Waals surface area contributed by atoms with Gasteiger partial charge in [0.15, 0.2) is 5.78 Å². The Morgan fingerprint density at radius 3 is 2.52 bits per heavy atom. The Morgan fingerprint density at radius 1 is 1.00 bits per heavy atom. The zero-order chi connectivity index (χ0) is 20.5.